The van der Waals surface area contributed by atoms with Crippen LogP contribution in [-0.2, 0) is 11.3 Å². The van der Waals surface area contributed by atoms with Crippen molar-refractivity contribution >= 4 is 5.91 Å². The molecule has 0 N–H and O–H groups in total. The maximum atomic E-state index is 12.7. The van der Waals surface area contributed by atoms with Gasteiger partial charge >= 0.3 is 0 Å². The van der Waals surface area contributed by atoms with Crippen molar-refractivity contribution in [2.24, 2.45) is 0 Å². The minimum Gasteiger partial charge on any atom is -0.444 e. The van der Waals surface area contributed by atoms with E-state index in [9.17, 15) is 4.79 Å². The minimum atomic E-state index is 0.298. The van der Waals surface area contributed by atoms with Crippen LogP contribution in [0.4, 0.5) is 0 Å². The van der Waals surface area contributed by atoms with Crippen molar-refractivity contribution < 1.29 is 9.21 Å². The molecule has 2 fully saturated rings. The van der Waals surface area contributed by atoms with E-state index in [1.807, 2.05) is 13.8 Å². The van der Waals surface area contributed by atoms with E-state index in [1.54, 1.807) is 0 Å². The lowest BCUT2D eigenvalue weighted by Gasteiger charge is -2.41. The number of rotatable bonds is 4. The molecule has 0 unspecified atom stereocenters. The van der Waals surface area contributed by atoms with E-state index < -0.39 is 0 Å². The van der Waals surface area contributed by atoms with Crippen LogP contribution in [0.15, 0.2) is 4.42 Å². The summed E-state index contributed by atoms with van der Waals surface area (Å²) in [6, 6.07) is 0.767. The monoisotopic (exact) mass is 348 g/mol. The first-order chi connectivity index (χ1) is 11.9. The number of hydrogen-bond acceptors (Lipinski definition) is 5. The highest BCUT2D eigenvalue weighted by atomic mass is 16.4. The molecule has 0 aromatic carbocycles. The first-order valence-corrected chi connectivity index (χ1v) is 9.63. The van der Waals surface area contributed by atoms with Crippen LogP contribution < -0.4 is 0 Å². The molecule has 3 heterocycles. The number of piperazine rings is 1. The van der Waals surface area contributed by atoms with E-state index in [1.165, 1.54) is 6.42 Å². The lowest BCUT2D eigenvalue weighted by Crippen LogP contribution is -2.54. The molecule has 1 aromatic rings. The molecule has 3 rings (SSSR count). The van der Waals surface area contributed by atoms with Crippen molar-refractivity contribution in [2.75, 3.05) is 32.7 Å². The maximum Gasteiger partial charge on any atom is 0.237 e. The van der Waals surface area contributed by atoms with Crippen LogP contribution in [0.3, 0.4) is 0 Å². The van der Waals surface area contributed by atoms with Gasteiger partial charge in [-0.25, -0.2) is 4.98 Å². The molecule has 2 aliphatic rings. The Balaban J connectivity index is 1.46. The van der Waals surface area contributed by atoms with E-state index in [2.05, 4.69) is 33.5 Å². The third-order valence-electron chi connectivity index (χ3n) is 5.74. The molecule has 0 bridgehead atoms. The summed E-state index contributed by atoms with van der Waals surface area (Å²) < 4.78 is 5.68. The quantitative estimate of drug-likeness (QED) is 0.835. The Kier molecular flexibility index (Phi) is 5.79. The van der Waals surface area contributed by atoms with Gasteiger partial charge in [-0.1, -0.05) is 0 Å². The first-order valence-electron chi connectivity index (χ1n) is 9.63. The summed E-state index contributed by atoms with van der Waals surface area (Å²) in [6.45, 7) is 13.4. The van der Waals surface area contributed by atoms with Crippen LogP contribution in [0.2, 0.25) is 0 Å². The van der Waals surface area contributed by atoms with Gasteiger partial charge in [0.25, 0.3) is 0 Å². The Bertz CT molecular complexity index is 563. The van der Waals surface area contributed by atoms with E-state index >= 15 is 0 Å². The number of piperidine rings is 1. The van der Waals surface area contributed by atoms with Crippen LogP contribution in [0.25, 0.3) is 0 Å². The molecule has 1 aromatic heterocycles. The molecular formula is C19H32N4O2. The van der Waals surface area contributed by atoms with Gasteiger partial charge in [-0.2, -0.15) is 0 Å². The number of oxazole rings is 1. The summed E-state index contributed by atoms with van der Waals surface area (Å²) in [5.41, 5.74) is 0.976. The molecule has 6 nitrogen and oxygen atoms in total. The summed E-state index contributed by atoms with van der Waals surface area (Å²) >= 11 is 0. The van der Waals surface area contributed by atoms with Gasteiger partial charge in [0, 0.05) is 38.3 Å². The molecule has 0 radical (unpaired) electrons. The second kappa shape index (κ2) is 7.87. The Morgan fingerprint density at radius 2 is 1.68 bits per heavy atom. The number of nitrogens with zero attached hydrogens (tertiary/aromatic N) is 4. The van der Waals surface area contributed by atoms with Crippen molar-refractivity contribution in [1.82, 2.24) is 19.7 Å². The fourth-order valence-corrected chi connectivity index (χ4v) is 4.09. The molecule has 6 heteroatoms. The zero-order valence-corrected chi connectivity index (χ0v) is 16.1. The number of hydrogen-bond donors (Lipinski definition) is 0. The number of carbonyl (C=O) groups excluding carboxylic acids is 1. The van der Waals surface area contributed by atoms with Crippen molar-refractivity contribution in [3.05, 3.63) is 17.3 Å². The standard InChI is InChI=1S/C19H32N4O2/c1-14-6-5-7-15(2)23(14)19(24)13-22-10-8-21(9-11-22)12-18-20-16(3)17(4)25-18/h14-15H,5-13H2,1-4H3/t14-,15+. The summed E-state index contributed by atoms with van der Waals surface area (Å²) in [7, 11) is 0. The largest absolute Gasteiger partial charge is 0.444 e. The smallest absolute Gasteiger partial charge is 0.237 e. The number of amides is 1. The van der Waals surface area contributed by atoms with Crippen LogP contribution in [0.1, 0.15) is 50.5 Å². The Morgan fingerprint density at radius 1 is 1.08 bits per heavy atom. The van der Waals surface area contributed by atoms with Crippen molar-refractivity contribution in [3.63, 3.8) is 0 Å². The van der Waals surface area contributed by atoms with Crippen molar-refractivity contribution in [3.8, 4) is 0 Å². The average Bonchev–Trinajstić information content (AvgIpc) is 2.87. The molecular weight excluding hydrogens is 316 g/mol. The number of carbonyl (C=O) groups is 1. The molecule has 1 amide bonds. The van der Waals surface area contributed by atoms with Crippen LogP contribution >= 0.6 is 0 Å². The maximum absolute atomic E-state index is 12.7. The number of aryl methyl sites for hydroxylation is 2. The molecule has 2 aliphatic heterocycles. The normalized spacial score (nSPS) is 26.2. The third-order valence-corrected chi connectivity index (χ3v) is 5.74. The van der Waals surface area contributed by atoms with Gasteiger partial charge in [0.05, 0.1) is 18.8 Å². The highest BCUT2D eigenvalue weighted by molar-refractivity contribution is 5.79. The first kappa shape index (κ1) is 18.4. The van der Waals surface area contributed by atoms with Gasteiger partial charge in [-0.05, 0) is 47.0 Å². The van der Waals surface area contributed by atoms with E-state index in [0.29, 0.717) is 24.5 Å². The number of aromatic nitrogens is 1. The SMILES string of the molecule is Cc1nc(CN2CCN(CC(=O)N3[C@H](C)CCC[C@@H]3C)CC2)oc1C. The molecule has 2 saturated heterocycles. The zero-order chi connectivity index (χ0) is 18.0. The molecule has 2 atom stereocenters. The van der Waals surface area contributed by atoms with Gasteiger partial charge in [-0.3, -0.25) is 14.6 Å². The summed E-state index contributed by atoms with van der Waals surface area (Å²) in [5.74, 6) is 2.01. The topological polar surface area (TPSA) is 52.8 Å². The Labute approximate surface area is 151 Å². The highest BCUT2D eigenvalue weighted by Crippen LogP contribution is 2.23. The Hall–Kier alpha value is -1.40. The molecule has 25 heavy (non-hydrogen) atoms. The summed E-state index contributed by atoms with van der Waals surface area (Å²) in [6.07, 6.45) is 3.52. The lowest BCUT2D eigenvalue weighted by atomic mass is 9.97. The van der Waals surface area contributed by atoms with Crippen LogP contribution in [0.5, 0.6) is 0 Å². The lowest BCUT2D eigenvalue weighted by molar-refractivity contribution is -0.139. The molecule has 0 spiro atoms. The summed E-state index contributed by atoms with van der Waals surface area (Å²) in [5, 5.41) is 0. The fourth-order valence-electron chi connectivity index (χ4n) is 4.09. The van der Waals surface area contributed by atoms with Crippen molar-refractivity contribution in [2.45, 2.75) is 65.6 Å². The highest BCUT2D eigenvalue weighted by Gasteiger charge is 2.30. The van der Waals surface area contributed by atoms with Crippen LogP contribution in [0, 0.1) is 13.8 Å². The van der Waals surface area contributed by atoms with Gasteiger partial charge in [-0.15, -0.1) is 0 Å². The second-order valence-electron chi connectivity index (χ2n) is 7.73. The van der Waals surface area contributed by atoms with Gasteiger partial charge in [0.15, 0.2) is 0 Å². The van der Waals surface area contributed by atoms with E-state index in [-0.39, 0.29) is 0 Å². The predicted octanol–water partition coefficient (Wildman–Crippen LogP) is 2.20. The third kappa shape index (κ3) is 4.42. The van der Waals surface area contributed by atoms with Gasteiger partial charge < -0.3 is 9.32 Å². The van der Waals surface area contributed by atoms with Gasteiger partial charge in [0.2, 0.25) is 11.8 Å². The van der Waals surface area contributed by atoms with Crippen LogP contribution in [-0.4, -0.2) is 70.4 Å². The summed E-state index contributed by atoms with van der Waals surface area (Å²) in [4.78, 5) is 24.0. The predicted molar refractivity (Wildman–Crippen MR) is 97.3 cm³/mol. The second-order valence-corrected chi connectivity index (χ2v) is 7.73. The Morgan fingerprint density at radius 3 is 2.24 bits per heavy atom. The fraction of sp³-hybridized carbons (Fsp3) is 0.789. The van der Waals surface area contributed by atoms with E-state index in [0.717, 1.165) is 62.9 Å². The average molecular weight is 348 g/mol. The number of likely N-dealkylation sites (tertiary alicyclic amines) is 1. The van der Waals surface area contributed by atoms with Crippen molar-refractivity contribution in [1.29, 1.82) is 0 Å². The zero-order valence-electron chi connectivity index (χ0n) is 16.1. The molecule has 140 valence electrons. The molecule has 0 saturated carbocycles. The molecule has 0 aliphatic carbocycles. The van der Waals surface area contributed by atoms with Gasteiger partial charge in [0.1, 0.15) is 5.76 Å². The minimum absolute atomic E-state index is 0.298. The van der Waals surface area contributed by atoms with E-state index in [4.69, 9.17) is 4.42 Å².